The summed E-state index contributed by atoms with van der Waals surface area (Å²) in [6.07, 6.45) is 1.93. The molecular formula is C29H28N2O2. The molecule has 0 aliphatic heterocycles. The predicted molar refractivity (Wildman–Crippen MR) is 134 cm³/mol. The molecule has 5 aromatic rings. The van der Waals surface area contributed by atoms with E-state index in [9.17, 15) is 0 Å². The van der Waals surface area contributed by atoms with E-state index in [2.05, 4.69) is 72.2 Å². The van der Waals surface area contributed by atoms with Crippen molar-refractivity contribution >= 4 is 21.8 Å². The number of imidazole rings is 1. The standard InChI is InChI=1S/C29H28N2O2/c1-2-22-12-15-25(16-13-22)32-19-7-18-31-28-11-6-5-10-27(28)30-29(31)21-33-26-17-14-23-8-3-4-9-24(23)20-26/h3-6,8-17,20H,2,7,18-19,21H2,1H3. The van der Waals surface area contributed by atoms with Gasteiger partial charge in [0.2, 0.25) is 0 Å². The predicted octanol–water partition coefficient (Wildman–Crippen LogP) is 6.80. The number of aromatic nitrogens is 2. The second-order valence-electron chi connectivity index (χ2n) is 8.17. The van der Waals surface area contributed by atoms with Gasteiger partial charge < -0.3 is 14.0 Å². The molecule has 0 fully saturated rings. The highest BCUT2D eigenvalue weighted by atomic mass is 16.5. The first-order valence-electron chi connectivity index (χ1n) is 11.6. The van der Waals surface area contributed by atoms with Crippen LogP contribution in [0.3, 0.4) is 0 Å². The zero-order chi connectivity index (χ0) is 22.5. The number of rotatable bonds is 9. The average molecular weight is 437 g/mol. The van der Waals surface area contributed by atoms with Crippen molar-refractivity contribution in [2.24, 2.45) is 0 Å². The summed E-state index contributed by atoms with van der Waals surface area (Å²) in [7, 11) is 0. The highest BCUT2D eigenvalue weighted by Gasteiger charge is 2.11. The summed E-state index contributed by atoms with van der Waals surface area (Å²) in [5, 5.41) is 2.38. The third-order valence-electron chi connectivity index (χ3n) is 5.95. The molecule has 4 heteroatoms. The van der Waals surface area contributed by atoms with Crippen LogP contribution < -0.4 is 9.47 Å². The number of ether oxygens (including phenoxy) is 2. The zero-order valence-corrected chi connectivity index (χ0v) is 18.9. The van der Waals surface area contributed by atoms with Crippen LogP contribution in [-0.2, 0) is 19.6 Å². The van der Waals surface area contributed by atoms with Gasteiger partial charge in [0.1, 0.15) is 23.9 Å². The maximum atomic E-state index is 6.15. The lowest BCUT2D eigenvalue weighted by molar-refractivity contribution is 0.280. The smallest absolute Gasteiger partial charge is 0.147 e. The van der Waals surface area contributed by atoms with E-state index in [-0.39, 0.29) is 0 Å². The Hall–Kier alpha value is -3.79. The van der Waals surface area contributed by atoms with Crippen molar-refractivity contribution in [2.75, 3.05) is 6.61 Å². The second kappa shape index (κ2) is 9.78. The maximum Gasteiger partial charge on any atom is 0.147 e. The summed E-state index contributed by atoms with van der Waals surface area (Å²) in [4.78, 5) is 4.84. The molecular weight excluding hydrogens is 408 g/mol. The number of benzene rings is 4. The molecule has 0 radical (unpaired) electrons. The number of para-hydroxylation sites is 2. The van der Waals surface area contributed by atoms with Crippen LogP contribution >= 0.6 is 0 Å². The molecule has 4 nitrogen and oxygen atoms in total. The van der Waals surface area contributed by atoms with Gasteiger partial charge in [-0.2, -0.15) is 0 Å². The molecule has 0 atom stereocenters. The van der Waals surface area contributed by atoms with E-state index in [1.807, 2.05) is 30.3 Å². The fraction of sp³-hybridized carbons (Fsp3) is 0.207. The molecule has 166 valence electrons. The van der Waals surface area contributed by atoms with E-state index in [1.54, 1.807) is 0 Å². The van der Waals surface area contributed by atoms with Crippen molar-refractivity contribution in [2.45, 2.75) is 32.9 Å². The summed E-state index contributed by atoms with van der Waals surface area (Å²) in [5.74, 6) is 2.70. The minimum atomic E-state index is 0.423. The van der Waals surface area contributed by atoms with Gasteiger partial charge in [-0.05, 0) is 65.6 Å². The van der Waals surface area contributed by atoms with E-state index in [0.717, 1.165) is 47.7 Å². The Bertz CT molecular complexity index is 1360. The Morgan fingerprint density at radius 3 is 2.36 bits per heavy atom. The van der Waals surface area contributed by atoms with Crippen molar-refractivity contribution in [3.8, 4) is 11.5 Å². The zero-order valence-electron chi connectivity index (χ0n) is 18.9. The van der Waals surface area contributed by atoms with Gasteiger partial charge in [-0.25, -0.2) is 4.98 Å². The van der Waals surface area contributed by atoms with Crippen LogP contribution in [0.15, 0.2) is 91.0 Å². The Morgan fingerprint density at radius 1 is 0.758 bits per heavy atom. The number of hydrogen-bond acceptors (Lipinski definition) is 3. The third-order valence-corrected chi connectivity index (χ3v) is 5.95. The van der Waals surface area contributed by atoms with Crippen LogP contribution in [0.1, 0.15) is 24.7 Å². The van der Waals surface area contributed by atoms with E-state index >= 15 is 0 Å². The second-order valence-corrected chi connectivity index (χ2v) is 8.17. The molecule has 1 heterocycles. The Labute approximate surface area is 194 Å². The van der Waals surface area contributed by atoms with Gasteiger partial charge in [0.15, 0.2) is 0 Å². The highest BCUT2D eigenvalue weighted by molar-refractivity contribution is 5.83. The van der Waals surface area contributed by atoms with E-state index in [0.29, 0.717) is 13.2 Å². The van der Waals surface area contributed by atoms with Crippen molar-refractivity contribution in [1.29, 1.82) is 0 Å². The summed E-state index contributed by atoms with van der Waals surface area (Å²) < 4.78 is 14.4. The van der Waals surface area contributed by atoms with E-state index in [4.69, 9.17) is 14.5 Å². The van der Waals surface area contributed by atoms with E-state index in [1.165, 1.54) is 16.3 Å². The number of hydrogen-bond donors (Lipinski definition) is 0. The molecule has 0 spiro atoms. The summed E-state index contributed by atoms with van der Waals surface area (Å²) in [6, 6.07) is 31.1. The van der Waals surface area contributed by atoms with Crippen LogP contribution in [0.2, 0.25) is 0 Å². The van der Waals surface area contributed by atoms with Crippen LogP contribution in [-0.4, -0.2) is 16.2 Å². The lowest BCUT2D eigenvalue weighted by Crippen LogP contribution is -2.10. The topological polar surface area (TPSA) is 36.3 Å². The van der Waals surface area contributed by atoms with Crippen LogP contribution in [0.5, 0.6) is 11.5 Å². The Kier molecular flexibility index (Phi) is 6.25. The first-order valence-corrected chi connectivity index (χ1v) is 11.6. The van der Waals surface area contributed by atoms with Gasteiger partial charge in [-0.15, -0.1) is 0 Å². The van der Waals surface area contributed by atoms with Gasteiger partial charge in [-0.1, -0.05) is 61.5 Å². The molecule has 0 bridgehead atoms. The monoisotopic (exact) mass is 436 g/mol. The van der Waals surface area contributed by atoms with Crippen LogP contribution in [0, 0.1) is 0 Å². The van der Waals surface area contributed by atoms with Gasteiger partial charge in [0.25, 0.3) is 0 Å². The molecule has 4 aromatic carbocycles. The van der Waals surface area contributed by atoms with Gasteiger partial charge >= 0.3 is 0 Å². The lowest BCUT2D eigenvalue weighted by atomic mass is 10.1. The quantitative estimate of drug-likeness (QED) is 0.238. The molecule has 0 saturated heterocycles. The molecule has 0 aliphatic rings. The summed E-state index contributed by atoms with van der Waals surface area (Å²) in [6.45, 7) is 4.06. The van der Waals surface area contributed by atoms with Crippen LogP contribution in [0.25, 0.3) is 21.8 Å². The fourth-order valence-electron chi connectivity index (χ4n) is 4.12. The highest BCUT2D eigenvalue weighted by Crippen LogP contribution is 2.23. The lowest BCUT2D eigenvalue weighted by Gasteiger charge is -2.12. The minimum absolute atomic E-state index is 0.423. The largest absolute Gasteiger partial charge is 0.494 e. The number of fused-ring (bicyclic) bond motifs is 2. The molecule has 0 amide bonds. The van der Waals surface area contributed by atoms with Gasteiger partial charge in [-0.3, -0.25) is 0 Å². The van der Waals surface area contributed by atoms with Crippen molar-refractivity contribution in [3.05, 3.63) is 102 Å². The van der Waals surface area contributed by atoms with Gasteiger partial charge in [0.05, 0.1) is 17.6 Å². The number of nitrogens with zero attached hydrogens (tertiary/aromatic N) is 2. The fourth-order valence-corrected chi connectivity index (χ4v) is 4.12. The molecule has 33 heavy (non-hydrogen) atoms. The summed E-state index contributed by atoms with van der Waals surface area (Å²) in [5.41, 5.74) is 3.44. The molecule has 0 saturated carbocycles. The SMILES string of the molecule is CCc1ccc(OCCCn2c(COc3ccc4ccccc4c3)nc3ccccc32)cc1. The average Bonchev–Trinajstić information content (AvgIpc) is 3.23. The molecule has 0 N–H and O–H groups in total. The minimum Gasteiger partial charge on any atom is -0.494 e. The first-order chi connectivity index (χ1) is 16.3. The Morgan fingerprint density at radius 2 is 1.52 bits per heavy atom. The molecule has 0 aliphatic carbocycles. The van der Waals surface area contributed by atoms with Crippen LogP contribution in [0.4, 0.5) is 0 Å². The van der Waals surface area contributed by atoms with Gasteiger partial charge in [0, 0.05) is 6.54 Å². The normalized spacial score (nSPS) is 11.2. The van der Waals surface area contributed by atoms with Crippen molar-refractivity contribution in [1.82, 2.24) is 9.55 Å². The summed E-state index contributed by atoms with van der Waals surface area (Å²) >= 11 is 0. The Balaban J connectivity index is 1.27. The first kappa shape index (κ1) is 21.1. The van der Waals surface area contributed by atoms with Crippen molar-refractivity contribution < 1.29 is 9.47 Å². The molecule has 5 rings (SSSR count). The maximum absolute atomic E-state index is 6.15. The molecule has 1 aromatic heterocycles. The van der Waals surface area contributed by atoms with E-state index < -0.39 is 0 Å². The third kappa shape index (κ3) is 4.85. The van der Waals surface area contributed by atoms with Crippen molar-refractivity contribution in [3.63, 3.8) is 0 Å². The number of aryl methyl sites for hydroxylation is 2. The molecule has 0 unspecified atom stereocenters.